The van der Waals surface area contributed by atoms with E-state index in [4.69, 9.17) is 4.74 Å². The summed E-state index contributed by atoms with van der Waals surface area (Å²) in [6.45, 7) is 8.83. The molecule has 1 spiro atoms. The van der Waals surface area contributed by atoms with Crippen LogP contribution in [-0.4, -0.2) is 40.0 Å². The number of hydrogen-bond donors (Lipinski definition) is 0. The first-order valence-electron chi connectivity index (χ1n) is 7.40. The summed E-state index contributed by atoms with van der Waals surface area (Å²) in [7, 11) is 1.97. The van der Waals surface area contributed by atoms with Crippen LogP contribution in [0.5, 0.6) is 0 Å². The van der Waals surface area contributed by atoms with Crippen molar-refractivity contribution in [3.63, 3.8) is 0 Å². The fourth-order valence-electron chi connectivity index (χ4n) is 3.47. The van der Waals surface area contributed by atoms with E-state index in [2.05, 4.69) is 30.0 Å². The number of likely N-dealkylation sites (tertiary alicyclic amines) is 1. The Balaban J connectivity index is 1.58. The van der Waals surface area contributed by atoms with Crippen molar-refractivity contribution in [2.24, 2.45) is 18.9 Å². The van der Waals surface area contributed by atoms with Gasteiger partial charge in [0.2, 0.25) is 0 Å². The molecule has 2 aliphatic heterocycles. The first-order valence-corrected chi connectivity index (χ1v) is 7.40. The Hall–Kier alpha value is -0.870. The Morgan fingerprint density at radius 2 is 2.37 bits per heavy atom. The zero-order valence-corrected chi connectivity index (χ0v) is 12.3. The zero-order chi connectivity index (χ0) is 13.5. The molecular weight excluding hydrogens is 238 g/mol. The molecule has 0 bridgehead atoms. The van der Waals surface area contributed by atoms with E-state index in [0.717, 1.165) is 38.1 Å². The third kappa shape index (κ3) is 2.70. The quantitative estimate of drug-likeness (QED) is 0.836. The van der Waals surface area contributed by atoms with Crippen LogP contribution in [-0.2, 0) is 18.3 Å². The minimum absolute atomic E-state index is 0.150. The number of nitrogens with zero attached hydrogens (tertiary/aromatic N) is 3. The Bertz CT molecular complexity index is 442. The second-order valence-corrected chi connectivity index (χ2v) is 6.69. The van der Waals surface area contributed by atoms with Gasteiger partial charge in [-0.1, -0.05) is 13.8 Å². The molecule has 0 N–H and O–H groups in total. The van der Waals surface area contributed by atoms with E-state index in [1.54, 1.807) is 0 Å². The van der Waals surface area contributed by atoms with Crippen molar-refractivity contribution in [1.82, 2.24) is 14.7 Å². The van der Waals surface area contributed by atoms with Crippen LogP contribution in [0.15, 0.2) is 12.4 Å². The molecule has 0 unspecified atom stereocenters. The van der Waals surface area contributed by atoms with Gasteiger partial charge < -0.3 is 4.74 Å². The van der Waals surface area contributed by atoms with Crippen LogP contribution in [0, 0.1) is 11.8 Å². The second kappa shape index (κ2) is 4.91. The van der Waals surface area contributed by atoms with Crippen LogP contribution in [0.25, 0.3) is 0 Å². The first-order chi connectivity index (χ1) is 9.06. The van der Waals surface area contributed by atoms with Crippen molar-refractivity contribution in [3.05, 3.63) is 18.0 Å². The average molecular weight is 263 g/mol. The molecule has 19 heavy (non-hydrogen) atoms. The molecule has 3 rings (SSSR count). The van der Waals surface area contributed by atoms with E-state index in [1.165, 1.54) is 18.4 Å². The summed E-state index contributed by atoms with van der Waals surface area (Å²) in [6.07, 6.45) is 6.51. The van der Waals surface area contributed by atoms with Gasteiger partial charge >= 0.3 is 0 Å². The van der Waals surface area contributed by atoms with Gasteiger partial charge in [-0.2, -0.15) is 5.10 Å². The standard InChI is InChI=1S/C15H25N3O/c1-12(2)14-6-15(19-10-14)4-5-18(11-15)9-13-7-16-17(3)8-13/h7-8,12,14H,4-6,9-11H2,1-3H3/t14-,15+/m1/s1. The van der Waals surface area contributed by atoms with Crippen molar-refractivity contribution in [1.29, 1.82) is 0 Å². The number of hydrogen-bond acceptors (Lipinski definition) is 3. The maximum atomic E-state index is 6.19. The molecule has 0 saturated carbocycles. The molecule has 2 fully saturated rings. The first kappa shape index (κ1) is 13.1. The summed E-state index contributed by atoms with van der Waals surface area (Å²) < 4.78 is 8.06. The topological polar surface area (TPSA) is 30.3 Å². The maximum Gasteiger partial charge on any atom is 0.0824 e. The third-order valence-corrected chi connectivity index (χ3v) is 4.74. The molecular formula is C15H25N3O. The van der Waals surface area contributed by atoms with E-state index >= 15 is 0 Å². The Labute approximate surface area is 115 Å². The SMILES string of the molecule is CC(C)[C@H]1CO[C@@]2(CCN(Cc3cnn(C)c3)C2)C1. The fraction of sp³-hybridized carbons (Fsp3) is 0.800. The largest absolute Gasteiger partial charge is 0.373 e. The highest BCUT2D eigenvalue weighted by Gasteiger charge is 2.45. The molecule has 0 aliphatic carbocycles. The van der Waals surface area contributed by atoms with Crippen LogP contribution in [0.4, 0.5) is 0 Å². The van der Waals surface area contributed by atoms with Gasteiger partial charge in [-0.15, -0.1) is 0 Å². The summed E-state index contributed by atoms with van der Waals surface area (Å²) in [6, 6.07) is 0. The average Bonchev–Trinajstić information content (AvgIpc) is 3.04. The highest BCUT2D eigenvalue weighted by molar-refractivity contribution is 5.06. The number of ether oxygens (including phenoxy) is 1. The molecule has 3 heterocycles. The summed E-state index contributed by atoms with van der Waals surface area (Å²) in [5.74, 6) is 1.49. The van der Waals surface area contributed by atoms with E-state index in [-0.39, 0.29) is 5.60 Å². The van der Waals surface area contributed by atoms with Crippen LogP contribution in [0.2, 0.25) is 0 Å². The van der Waals surface area contributed by atoms with Gasteiger partial charge in [-0.25, -0.2) is 0 Å². The molecule has 0 radical (unpaired) electrons. The lowest BCUT2D eigenvalue weighted by atomic mass is 9.87. The molecule has 2 saturated heterocycles. The highest BCUT2D eigenvalue weighted by atomic mass is 16.5. The van der Waals surface area contributed by atoms with Gasteiger partial charge in [0, 0.05) is 38.4 Å². The van der Waals surface area contributed by atoms with Crippen molar-refractivity contribution in [2.45, 2.75) is 38.8 Å². The number of aryl methyl sites for hydroxylation is 1. The fourth-order valence-corrected chi connectivity index (χ4v) is 3.47. The minimum atomic E-state index is 0.150. The Morgan fingerprint density at radius 1 is 1.53 bits per heavy atom. The summed E-state index contributed by atoms with van der Waals surface area (Å²) in [5.41, 5.74) is 1.45. The lowest BCUT2D eigenvalue weighted by Gasteiger charge is -2.23. The van der Waals surface area contributed by atoms with Gasteiger partial charge in [0.15, 0.2) is 0 Å². The molecule has 4 heteroatoms. The Morgan fingerprint density at radius 3 is 3.00 bits per heavy atom. The van der Waals surface area contributed by atoms with Crippen LogP contribution in [0.3, 0.4) is 0 Å². The van der Waals surface area contributed by atoms with Gasteiger partial charge in [0.1, 0.15) is 0 Å². The van der Waals surface area contributed by atoms with Crippen molar-refractivity contribution in [2.75, 3.05) is 19.7 Å². The molecule has 1 aromatic heterocycles. The number of rotatable bonds is 3. The van der Waals surface area contributed by atoms with Gasteiger partial charge in [-0.05, 0) is 24.7 Å². The van der Waals surface area contributed by atoms with Crippen molar-refractivity contribution < 1.29 is 4.74 Å². The third-order valence-electron chi connectivity index (χ3n) is 4.74. The van der Waals surface area contributed by atoms with Gasteiger partial charge in [-0.3, -0.25) is 9.58 Å². The lowest BCUT2D eigenvalue weighted by Crippen LogP contribution is -2.32. The van der Waals surface area contributed by atoms with Crippen molar-refractivity contribution >= 4 is 0 Å². The van der Waals surface area contributed by atoms with Gasteiger partial charge in [0.25, 0.3) is 0 Å². The minimum Gasteiger partial charge on any atom is -0.373 e. The summed E-state index contributed by atoms with van der Waals surface area (Å²) in [4.78, 5) is 2.51. The zero-order valence-electron chi connectivity index (χ0n) is 12.3. The molecule has 4 nitrogen and oxygen atoms in total. The molecule has 0 aromatic carbocycles. The normalized spacial score (nSPS) is 31.9. The highest BCUT2D eigenvalue weighted by Crippen LogP contribution is 2.40. The summed E-state index contributed by atoms with van der Waals surface area (Å²) in [5, 5.41) is 4.24. The molecule has 1 aromatic rings. The van der Waals surface area contributed by atoms with Crippen LogP contribution >= 0.6 is 0 Å². The maximum absolute atomic E-state index is 6.19. The Kier molecular flexibility index (Phi) is 3.39. The second-order valence-electron chi connectivity index (χ2n) is 6.69. The predicted octanol–water partition coefficient (Wildman–Crippen LogP) is 2.06. The predicted molar refractivity (Wildman–Crippen MR) is 74.7 cm³/mol. The molecule has 2 aliphatic rings. The van der Waals surface area contributed by atoms with E-state index in [1.807, 2.05) is 17.9 Å². The lowest BCUT2D eigenvalue weighted by molar-refractivity contribution is 0.0106. The van der Waals surface area contributed by atoms with Crippen LogP contribution < -0.4 is 0 Å². The van der Waals surface area contributed by atoms with E-state index in [9.17, 15) is 0 Å². The van der Waals surface area contributed by atoms with Crippen molar-refractivity contribution in [3.8, 4) is 0 Å². The van der Waals surface area contributed by atoms with E-state index in [0.29, 0.717) is 0 Å². The monoisotopic (exact) mass is 263 g/mol. The van der Waals surface area contributed by atoms with Crippen LogP contribution in [0.1, 0.15) is 32.3 Å². The van der Waals surface area contributed by atoms with E-state index < -0.39 is 0 Å². The molecule has 106 valence electrons. The summed E-state index contributed by atoms with van der Waals surface area (Å²) >= 11 is 0. The van der Waals surface area contributed by atoms with Gasteiger partial charge in [0.05, 0.1) is 18.4 Å². The molecule has 0 amide bonds. The molecule has 2 atom stereocenters. The number of aromatic nitrogens is 2. The smallest absolute Gasteiger partial charge is 0.0824 e.